The Balaban J connectivity index is 2.24. The maximum Gasteiger partial charge on any atom is 0.0352 e. The highest BCUT2D eigenvalue weighted by Gasteiger charge is 2.27. The lowest BCUT2D eigenvalue weighted by Crippen LogP contribution is -2.41. The van der Waals surface area contributed by atoms with E-state index in [0.717, 1.165) is 13.1 Å². The Hall–Kier alpha value is -0.380. The average Bonchev–Trinajstić information content (AvgIpc) is 2.12. The monoisotopic (exact) mass is 282 g/mol. The van der Waals surface area contributed by atoms with Crippen molar-refractivity contribution in [2.45, 2.75) is 25.3 Å². The van der Waals surface area contributed by atoms with Gasteiger partial charge < -0.3 is 10.6 Å². The third-order valence-corrected chi connectivity index (χ3v) is 3.94. The molecule has 0 amide bonds. The van der Waals surface area contributed by atoms with Gasteiger partial charge in [-0.05, 0) is 38.1 Å². The zero-order valence-corrected chi connectivity index (χ0v) is 11.7. The summed E-state index contributed by atoms with van der Waals surface area (Å²) in [7, 11) is 2.15. The van der Waals surface area contributed by atoms with Gasteiger partial charge in [-0.25, -0.2) is 0 Å². The van der Waals surface area contributed by atoms with E-state index in [0.29, 0.717) is 5.92 Å². The topological polar surface area (TPSA) is 29.3 Å². The van der Waals surface area contributed by atoms with Gasteiger partial charge in [0.05, 0.1) is 0 Å². The lowest BCUT2D eigenvalue weighted by Gasteiger charge is -2.37. The number of benzene rings is 1. The van der Waals surface area contributed by atoms with Crippen LogP contribution in [-0.4, -0.2) is 25.0 Å². The number of hydrogen-bond donors (Lipinski definition) is 1. The fraction of sp³-hybridized carbons (Fsp3) is 0.538. The molecule has 3 heteroatoms. The summed E-state index contributed by atoms with van der Waals surface area (Å²) in [5, 5.41) is 0. The summed E-state index contributed by atoms with van der Waals surface area (Å²) in [5.41, 5.74) is 8.41. The Bertz CT molecular complexity index is 389. The standard InChI is InChI=1S/C13H19BrN2/c1-13(2,15)10-4-5-11(12(14)6-10)9-7-16(3)8-9/h4-6,9H,7-8,15H2,1-3H3. The second kappa shape index (κ2) is 4.13. The second-order valence-electron chi connectivity index (χ2n) is 5.38. The van der Waals surface area contributed by atoms with Crippen molar-refractivity contribution in [3.05, 3.63) is 33.8 Å². The summed E-state index contributed by atoms with van der Waals surface area (Å²) < 4.78 is 1.20. The number of nitrogens with two attached hydrogens (primary N) is 1. The van der Waals surface area contributed by atoms with Crippen LogP contribution in [0, 0.1) is 0 Å². The van der Waals surface area contributed by atoms with Crippen molar-refractivity contribution in [3.8, 4) is 0 Å². The molecule has 2 nitrogen and oxygen atoms in total. The maximum absolute atomic E-state index is 6.09. The third-order valence-electron chi connectivity index (χ3n) is 3.25. The van der Waals surface area contributed by atoms with Gasteiger partial charge in [0.2, 0.25) is 0 Å². The predicted molar refractivity (Wildman–Crippen MR) is 71.6 cm³/mol. The lowest BCUT2D eigenvalue weighted by molar-refractivity contribution is 0.189. The van der Waals surface area contributed by atoms with Gasteiger partial charge in [0.15, 0.2) is 0 Å². The molecule has 0 aromatic heterocycles. The fourth-order valence-corrected chi connectivity index (χ4v) is 2.86. The number of likely N-dealkylation sites (N-methyl/N-ethyl adjacent to an activating group) is 1. The third kappa shape index (κ3) is 2.31. The van der Waals surface area contributed by atoms with Gasteiger partial charge in [0.1, 0.15) is 0 Å². The molecule has 16 heavy (non-hydrogen) atoms. The van der Waals surface area contributed by atoms with E-state index < -0.39 is 0 Å². The number of rotatable bonds is 2. The van der Waals surface area contributed by atoms with Gasteiger partial charge in [-0.1, -0.05) is 28.1 Å². The van der Waals surface area contributed by atoms with Crippen LogP contribution in [0.1, 0.15) is 30.9 Å². The molecule has 1 aromatic carbocycles. The predicted octanol–water partition coefficient (Wildman–Crippen LogP) is 2.67. The first-order chi connectivity index (χ1) is 7.38. The molecule has 1 heterocycles. The van der Waals surface area contributed by atoms with Crippen LogP contribution in [0.5, 0.6) is 0 Å². The molecule has 0 bridgehead atoms. The normalized spacial score (nSPS) is 18.6. The first-order valence-corrected chi connectivity index (χ1v) is 6.44. The minimum absolute atomic E-state index is 0.266. The highest BCUT2D eigenvalue weighted by molar-refractivity contribution is 9.10. The quantitative estimate of drug-likeness (QED) is 0.904. The molecule has 1 aliphatic rings. The summed E-state index contributed by atoms with van der Waals surface area (Å²) in [6.07, 6.45) is 0. The average molecular weight is 283 g/mol. The van der Waals surface area contributed by atoms with Crippen LogP contribution in [-0.2, 0) is 5.54 Å². The zero-order valence-electron chi connectivity index (χ0n) is 10.1. The first kappa shape index (κ1) is 12.1. The van der Waals surface area contributed by atoms with E-state index >= 15 is 0 Å². The first-order valence-electron chi connectivity index (χ1n) is 5.65. The summed E-state index contributed by atoms with van der Waals surface area (Å²) >= 11 is 3.66. The van der Waals surface area contributed by atoms with Gasteiger partial charge in [0, 0.05) is 29.0 Å². The molecule has 1 aromatic rings. The minimum atomic E-state index is -0.266. The molecule has 1 fully saturated rings. The Morgan fingerprint density at radius 1 is 1.38 bits per heavy atom. The lowest BCUT2D eigenvalue weighted by atomic mass is 9.88. The van der Waals surface area contributed by atoms with E-state index in [1.54, 1.807) is 0 Å². The molecule has 0 spiro atoms. The summed E-state index contributed by atoms with van der Waals surface area (Å²) in [4.78, 5) is 2.33. The molecule has 2 rings (SSSR count). The van der Waals surface area contributed by atoms with Gasteiger partial charge in [-0.3, -0.25) is 0 Å². The van der Waals surface area contributed by atoms with Crippen LogP contribution in [0.3, 0.4) is 0 Å². The van der Waals surface area contributed by atoms with Crippen molar-refractivity contribution in [2.75, 3.05) is 20.1 Å². The van der Waals surface area contributed by atoms with Crippen LogP contribution in [0.4, 0.5) is 0 Å². The molecular weight excluding hydrogens is 264 g/mol. The van der Waals surface area contributed by atoms with Crippen molar-refractivity contribution >= 4 is 15.9 Å². The van der Waals surface area contributed by atoms with Crippen LogP contribution >= 0.6 is 15.9 Å². The van der Waals surface area contributed by atoms with Crippen LogP contribution in [0.2, 0.25) is 0 Å². The van der Waals surface area contributed by atoms with Crippen molar-refractivity contribution in [1.82, 2.24) is 4.90 Å². The summed E-state index contributed by atoms with van der Waals surface area (Å²) in [6.45, 7) is 6.38. The second-order valence-corrected chi connectivity index (χ2v) is 6.23. The number of halogens is 1. The summed E-state index contributed by atoms with van der Waals surface area (Å²) in [5.74, 6) is 0.675. The molecule has 1 saturated heterocycles. The SMILES string of the molecule is CN1CC(c2ccc(C(C)(C)N)cc2Br)C1. The molecule has 0 aliphatic carbocycles. The largest absolute Gasteiger partial charge is 0.322 e. The Labute approximate surface area is 106 Å². The van der Waals surface area contributed by atoms with E-state index in [2.05, 4.69) is 46.1 Å². The van der Waals surface area contributed by atoms with Gasteiger partial charge in [0.25, 0.3) is 0 Å². The van der Waals surface area contributed by atoms with Crippen molar-refractivity contribution in [2.24, 2.45) is 5.73 Å². The van der Waals surface area contributed by atoms with Gasteiger partial charge in [-0.2, -0.15) is 0 Å². The smallest absolute Gasteiger partial charge is 0.0352 e. The zero-order chi connectivity index (χ0) is 11.9. The Kier molecular flexibility index (Phi) is 3.12. The van der Waals surface area contributed by atoms with Crippen LogP contribution < -0.4 is 5.73 Å². The van der Waals surface area contributed by atoms with Crippen LogP contribution in [0.25, 0.3) is 0 Å². The van der Waals surface area contributed by atoms with E-state index in [1.165, 1.54) is 15.6 Å². The van der Waals surface area contributed by atoms with Crippen molar-refractivity contribution in [3.63, 3.8) is 0 Å². The van der Waals surface area contributed by atoms with Crippen molar-refractivity contribution < 1.29 is 0 Å². The summed E-state index contributed by atoms with van der Waals surface area (Å²) in [6, 6.07) is 6.53. The molecule has 1 aliphatic heterocycles. The molecular formula is C13H19BrN2. The molecule has 0 atom stereocenters. The number of hydrogen-bond acceptors (Lipinski definition) is 2. The number of nitrogens with zero attached hydrogens (tertiary/aromatic N) is 1. The molecule has 88 valence electrons. The van der Waals surface area contributed by atoms with Gasteiger partial charge in [-0.15, -0.1) is 0 Å². The molecule has 0 radical (unpaired) electrons. The van der Waals surface area contributed by atoms with Gasteiger partial charge >= 0.3 is 0 Å². The molecule has 2 N–H and O–H groups in total. The van der Waals surface area contributed by atoms with Crippen LogP contribution in [0.15, 0.2) is 22.7 Å². The Morgan fingerprint density at radius 2 is 2.00 bits per heavy atom. The molecule has 0 unspecified atom stereocenters. The van der Waals surface area contributed by atoms with E-state index in [4.69, 9.17) is 5.73 Å². The van der Waals surface area contributed by atoms with E-state index in [-0.39, 0.29) is 5.54 Å². The maximum atomic E-state index is 6.09. The highest BCUT2D eigenvalue weighted by Crippen LogP contribution is 2.33. The minimum Gasteiger partial charge on any atom is -0.322 e. The number of likely N-dealkylation sites (tertiary alicyclic amines) is 1. The fourth-order valence-electron chi connectivity index (χ4n) is 2.15. The van der Waals surface area contributed by atoms with E-state index in [9.17, 15) is 0 Å². The Morgan fingerprint density at radius 3 is 2.44 bits per heavy atom. The highest BCUT2D eigenvalue weighted by atomic mass is 79.9. The van der Waals surface area contributed by atoms with Crippen molar-refractivity contribution in [1.29, 1.82) is 0 Å². The van der Waals surface area contributed by atoms with E-state index in [1.807, 2.05) is 13.8 Å². The molecule has 0 saturated carbocycles.